The molecule has 0 atom stereocenters. The summed E-state index contributed by atoms with van der Waals surface area (Å²) in [6.07, 6.45) is 1.22. The van der Waals surface area contributed by atoms with Gasteiger partial charge in [0.05, 0.1) is 11.9 Å². The van der Waals surface area contributed by atoms with Crippen molar-refractivity contribution >= 4 is 11.3 Å². The van der Waals surface area contributed by atoms with Crippen molar-refractivity contribution in [3.63, 3.8) is 0 Å². The highest BCUT2D eigenvalue weighted by molar-refractivity contribution is 7.12. The molecule has 2 aromatic heterocycles. The summed E-state index contributed by atoms with van der Waals surface area (Å²) >= 11 is 1.65. The number of hydrogen-bond acceptors (Lipinski definition) is 4. The largest absolute Gasteiger partial charge is 0.306 e. The Hall–Kier alpha value is -1.33. The molecule has 0 aliphatic rings. The minimum absolute atomic E-state index is 0.0634. The lowest BCUT2D eigenvalue weighted by Crippen LogP contribution is -2.34. The number of hydrogen-bond donors (Lipinski definition) is 1. The zero-order chi connectivity index (χ0) is 14.0. The van der Waals surface area contributed by atoms with E-state index in [2.05, 4.69) is 36.1 Å². The molecule has 0 unspecified atom stereocenters. The van der Waals surface area contributed by atoms with Gasteiger partial charge in [-0.2, -0.15) is 0 Å². The van der Waals surface area contributed by atoms with Gasteiger partial charge in [0.1, 0.15) is 16.5 Å². The van der Waals surface area contributed by atoms with Gasteiger partial charge in [0, 0.05) is 17.0 Å². The Kier molecular flexibility index (Phi) is 3.96. The third-order valence-corrected chi connectivity index (χ3v) is 3.55. The Bertz CT molecular complexity index is 555. The van der Waals surface area contributed by atoms with Crippen molar-refractivity contribution in [1.29, 1.82) is 0 Å². The van der Waals surface area contributed by atoms with Gasteiger partial charge in [-0.05, 0) is 39.8 Å². The molecule has 0 saturated heterocycles. The molecule has 0 fully saturated rings. The lowest BCUT2D eigenvalue weighted by atomic mass is 10.1. The second-order valence-corrected chi connectivity index (χ2v) is 6.77. The van der Waals surface area contributed by atoms with Gasteiger partial charge in [0.2, 0.25) is 0 Å². The average molecular weight is 279 g/mol. The van der Waals surface area contributed by atoms with Gasteiger partial charge in [-0.3, -0.25) is 4.98 Å². The van der Waals surface area contributed by atoms with Crippen LogP contribution in [-0.4, -0.2) is 15.5 Å². The topological polar surface area (TPSA) is 37.8 Å². The van der Waals surface area contributed by atoms with E-state index in [4.69, 9.17) is 0 Å². The molecule has 0 saturated carbocycles. The molecule has 0 amide bonds. The Morgan fingerprint density at radius 1 is 1.32 bits per heavy atom. The van der Waals surface area contributed by atoms with Gasteiger partial charge in [-0.25, -0.2) is 9.37 Å². The predicted molar refractivity (Wildman–Crippen MR) is 76.6 cm³/mol. The first-order valence-electron chi connectivity index (χ1n) is 6.18. The highest BCUT2D eigenvalue weighted by Gasteiger charge is 2.14. The average Bonchev–Trinajstić information content (AvgIpc) is 2.68. The molecule has 1 N–H and O–H groups in total. The number of nitrogens with one attached hydrogen (secondary N) is 1. The van der Waals surface area contributed by atoms with E-state index in [1.807, 2.05) is 6.92 Å². The molecule has 5 heteroatoms. The molecular weight excluding hydrogens is 261 g/mol. The summed E-state index contributed by atoms with van der Waals surface area (Å²) in [5.74, 6) is -0.328. The Balaban J connectivity index is 2.19. The number of aryl methyl sites for hydroxylation is 1. The van der Waals surface area contributed by atoms with E-state index in [1.54, 1.807) is 17.4 Å². The van der Waals surface area contributed by atoms with Crippen LogP contribution in [0.5, 0.6) is 0 Å². The van der Waals surface area contributed by atoms with E-state index < -0.39 is 0 Å². The van der Waals surface area contributed by atoms with Crippen molar-refractivity contribution in [2.45, 2.75) is 39.8 Å². The molecule has 0 aliphatic heterocycles. The van der Waals surface area contributed by atoms with Crippen LogP contribution in [0.15, 0.2) is 18.3 Å². The first-order chi connectivity index (χ1) is 8.85. The van der Waals surface area contributed by atoms with Crippen LogP contribution >= 0.6 is 11.3 Å². The minimum Gasteiger partial charge on any atom is -0.306 e. The highest BCUT2D eigenvalue weighted by Crippen LogP contribution is 2.26. The van der Waals surface area contributed by atoms with Crippen molar-refractivity contribution in [3.05, 3.63) is 34.0 Å². The van der Waals surface area contributed by atoms with Crippen LogP contribution in [0.25, 0.3) is 11.4 Å². The van der Waals surface area contributed by atoms with Crippen molar-refractivity contribution in [2.75, 3.05) is 0 Å². The normalized spacial score (nSPS) is 11.8. The number of aromatic nitrogens is 2. The number of thiazole rings is 1. The fraction of sp³-hybridized carbons (Fsp3) is 0.429. The van der Waals surface area contributed by atoms with Crippen molar-refractivity contribution in [1.82, 2.24) is 15.3 Å². The molecule has 2 rings (SSSR count). The maximum atomic E-state index is 12.9. The summed E-state index contributed by atoms with van der Waals surface area (Å²) < 4.78 is 12.9. The van der Waals surface area contributed by atoms with Crippen LogP contribution in [0.1, 0.15) is 30.7 Å². The van der Waals surface area contributed by atoms with Crippen LogP contribution in [0.2, 0.25) is 0 Å². The first kappa shape index (κ1) is 14.1. The predicted octanol–water partition coefficient (Wildman–Crippen LogP) is 3.54. The van der Waals surface area contributed by atoms with Gasteiger partial charge >= 0.3 is 0 Å². The molecule has 19 heavy (non-hydrogen) atoms. The lowest BCUT2D eigenvalue weighted by Gasteiger charge is -2.19. The van der Waals surface area contributed by atoms with E-state index in [-0.39, 0.29) is 11.4 Å². The molecular formula is C14H18FN3S. The molecule has 102 valence electrons. The van der Waals surface area contributed by atoms with Crippen LogP contribution < -0.4 is 5.32 Å². The lowest BCUT2D eigenvalue weighted by molar-refractivity contribution is 0.424. The molecule has 0 aliphatic carbocycles. The molecule has 0 radical (unpaired) electrons. The van der Waals surface area contributed by atoms with Crippen molar-refractivity contribution in [3.8, 4) is 11.4 Å². The molecule has 2 aromatic rings. The summed E-state index contributed by atoms with van der Waals surface area (Å²) in [6.45, 7) is 9.11. The Morgan fingerprint density at radius 2 is 2.05 bits per heavy atom. The first-order valence-corrected chi connectivity index (χ1v) is 7.00. The summed E-state index contributed by atoms with van der Waals surface area (Å²) in [7, 11) is 0. The van der Waals surface area contributed by atoms with Crippen molar-refractivity contribution < 1.29 is 4.39 Å². The molecule has 0 bridgehead atoms. The zero-order valence-corrected chi connectivity index (χ0v) is 12.4. The summed E-state index contributed by atoms with van der Waals surface area (Å²) in [4.78, 5) is 9.77. The third kappa shape index (κ3) is 3.81. The smallest absolute Gasteiger partial charge is 0.141 e. The SMILES string of the molecule is Cc1sc(CNC(C)(C)C)nc1-c1ccc(F)cn1. The number of rotatable bonds is 3. The van der Waals surface area contributed by atoms with Gasteiger partial charge in [0.15, 0.2) is 0 Å². The molecule has 0 aromatic carbocycles. The van der Waals surface area contributed by atoms with Crippen LogP contribution in [0, 0.1) is 12.7 Å². The second kappa shape index (κ2) is 5.35. The summed E-state index contributed by atoms with van der Waals surface area (Å²) in [5, 5.41) is 4.43. The second-order valence-electron chi connectivity index (χ2n) is 5.48. The van der Waals surface area contributed by atoms with Gasteiger partial charge in [-0.1, -0.05) is 0 Å². The van der Waals surface area contributed by atoms with Crippen LogP contribution in [0.4, 0.5) is 4.39 Å². The van der Waals surface area contributed by atoms with E-state index in [0.29, 0.717) is 0 Å². The van der Waals surface area contributed by atoms with Gasteiger partial charge < -0.3 is 5.32 Å². The number of halogens is 1. The molecule has 0 spiro atoms. The maximum Gasteiger partial charge on any atom is 0.141 e. The molecule has 3 nitrogen and oxygen atoms in total. The van der Waals surface area contributed by atoms with E-state index >= 15 is 0 Å². The zero-order valence-electron chi connectivity index (χ0n) is 11.6. The third-order valence-electron chi connectivity index (χ3n) is 2.58. The van der Waals surface area contributed by atoms with E-state index in [9.17, 15) is 4.39 Å². The number of pyridine rings is 1. The van der Waals surface area contributed by atoms with Crippen molar-refractivity contribution in [2.24, 2.45) is 0 Å². The Labute approximate surface area is 116 Å². The van der Waals surface area contributed by atoms with E-state index in [0.717, 1.165) is 27.8 Å². The van der Waals surface area contributed by atoms with E-state index in [1.165, 1.54) is 12.3 Å². The quantitative estimate of drug-likeness (QED) is 0.934. The van der Waals surface area contributed by atoms with Crippen LogP contribution in [-0.2, 0) is 6.54 Å². The highest BCUT2D eigenvalue weighted by atomic mass is 32.1. The summed E-state index contributed by atoms with van der Waals surface area (Å²) in [5.41, 5.74) is 1.63. The van der Waals surface area contributed by atoms with Gasteiger partial charge in [0.25, 0.3) is 0 Å². The van der Waals surface area contributed by atoms with Gasteiger partial charge in [-0.15, -0.1) is 11.3 Å². The standard InChI is InChI=1S/C14H18FN3S/c1-9-13(11-6-5-10(15)7-16-11)18-12(19-9)8-17-14(2,3)4/h5-7,17H,8H2,1-4H3. The summed E-state index contributed by atoms with van der Waals surface area (Å²) in [6, 6.07) is 3.08. The molecule has 2 heterocycles. The monoisotopic (exact) mass is 279 g/mol. The van der Waals surface area contributed by atoms with Crippen LogP contribution in [0.3, 0.4) is 0 Å². The maximum absolute atomic E-state index is 12.9. The number of nitrogens with zero attached hydrogens (tertiary/aromatic N) is 2. The fourth-order valence-electron chi connectivity index (χ4n) is 1.62. The fourth-order valence-corrected chi connectivity index (χ4v) is 2.50. The Morgan fingerprint density at radius 3 is 2.63 bits per heavy atom. The minimum atomic E-state index is -0.328.